The lowest BCUT2D eigenvalue weighted by Crippen LogP contribution is -2.48. The van der Waals surface area contributed by atoms with Crippen molar-refractivity contribution < 1.29 is 14.3 Å². The van der Waals surface area contributed by atoms with Crippen molar-refractivity contribution in [2.45, 2.75) is 39.2 Å². The Bertz CT molecular complexity index is 786. The van der Waals surface area contributed by atoms with Crippen molar-refractivity contribution in [3.05, 3.63) is 40.7 Å². The monoisotopic (exact) mass is 451 g/mol. The molecule has 1 amide bonds. The molecule has 2 aliphatic rings. The quantitative estimate of drug-likeness (QED) is 0.672. The Morgan fingerprint density at radius 3 is 2.71 bits per heavy atom. The number of benzene rings is 1. The van der Waals surface area contributed by atoms with Crippen LogP contribution in [0.5, 0.6) is 0 Å². The first-order valence-corrected chi connectivity index (χ1v) is 11.7. The fraction of sp³-hybridized carbons (Fsp3) is 0.625. The van der Waals surface area contributed by atoms with E-state index in [1.807, 2.05) is 4.90 Å². The van der Waals surface area contributed by atoms with Crippen LogP contribution in [0, 0.1) is 11.2 Å². The second-order valence-corrected chi connectivity index (χ2v) is 9.84. The van der Waals surface area contributed by atoms with Gasteiger partial charge in [0.15, 0.2) is 0 Å². The molecule has 1 unspecified atom stereocenters. The number of aliphatic hydroxyl groups excluding tert-OH is 1. The Morgan fingerprint density at radius 2 is 1.97 bits per heavy atom. The summed E-state index contributed by atoms with van der Waals surface area (Å²) in [6, 6.07) is 4.44. The first-order chi connectivity index (χ1) is 14.7. The van der Waals surface area contributed by atoms with Gasteiger partial charge in [-0.15, -0.1) is 0 Å². The van der Waals surface area contributed by atoms with Crippen molar-refractivity contribution in [3.63, 3.8) is 0 Å². The van der Waals surface area contributed by atoms with Crippen molar-refractivity contribution in [3.8, 4) is 0 Å². The lowest BCUT2D eigenvalue weighted by molar-refractivity contribution is -0.125. The Hall–Kier alpha value is -1.47. The number of hydrogen-bond donors (Lipinski definition) is 1. The number of piperidine rings is 1. The van der Waals surface area contributed by atoms with E-state index in [-0.39, 0.29) is 22.4 Å². The number of amides is 1. The maximum absolute atomic E-state index is 13.3. The number of rotatable bonds is 6. The molecule has 0 spiro atoms. The lowest BCUT2D eigenvalue weighted by Gasteiger charge is -2.41. The minimum absolute atomic E-state index is 0.0211. The number of hydrogen-bond acceptors (Lipinski definition) is 4. The molecular formula is C24H35ClFN3O2. The highest BCUT2D eigenvalue weighted by Gasteiger charge is 2.33. The minimum Gasteiger partial charge on any atom is -0.391 e. The third-order valence-electron chi connectivity index (χ3n) is 6.62. The highest BCUT2D eigenvalue weighted by Crippen LogP contribution is 2.30. The van der Waals surface area contributed by atoms with Gasteiger partial charge in [0.25, 0.3) is 0 Å². The summed E-state index contributed by atoms with van der Waals surface area (Å²) in [6.45, 7) is 11.5. The average molecular weight is 452 g/mol. The first kappa shape index (κ1) is 24.2. The molecule has 3 rings (SSSR count). The molecule has 2 fully saturated rings. The van der Waals surface area contributed by atoms with E-state index in [1.54, 1.807) is 18.2 Å². The first-order valence-electron chi connectivity index (χ1n) is 11.3. The van der Waals surface area contributed by atoms with Gasteiger partial charge >= 0.3 is 0 Å². The molecule has 2 saturated heterocycles. The molecule has 0 saturated carbocycles. The Kier molecular flexibility index (Phi) is 8.50. The van der Waals surface area contributed by atoms with Gasteiger partial charge in [-0.05, 0) is 74.6 Å². The summed E-state index contributed by atoms with van der Waals surface area (Å²) < 4.78 is 13.3. The van der Waals surface area contributed by atoms with E-state index in [9.17, 15) is 14.3 Å². The lowest BCUT2D eigenvalue weighted by atomic mass is 9.80. The standard InChI is InChI=1S/C24H35ClFN3O2/c1-24(2)9-14-28(18-22(24)30)12-3-10-27-11-4-13-29(16-15-27)23(31)8-6-19-5-7-21(26)20(25)17-19/h5-8,17,22,30H,3-4,9-16,18H2,1-2H3/b8-6+. The molecule has 172 valence electrons. The summed E-state index contributed by atoms with van der Waals surface area (Å²) in [4.78, 5) is 19.3. The molecular weight excluding hydrogens is 417 g/mol. The molecule has 0 bridgehead atoms. The predicted molar refractivity (Wildman–Crippen MR) is 124 cm³/mol. The highest BCUT2D eigenvalue weighted by atomic mass is 35.5. The number of nitrogens with zero attached hydrogens (tertiary/aromatic N) is 3. The summed E-state index contributed by atoms with van der Waals surface area (Å²) in [6.07, 6.45) is 6.04. The van der Waals surface area contributed by atoms with Crippen LogP contribution in [0.4, 0.5) is 4.39 Å². The van der Waals surface area contributed by atoms with E-state index in [1.165, 1.54) is 12.1 Å². The van der Waals surface area contributed by atoms with E-state index in [0.717, 1.165) is 65.1 Å². The van der Waals surface area contributed by atoms with Crippen molar-refractivity contribution in [1.29, 1.82) is 0 Å². The second kappa shape index (κ2) is 10.9. The van der Waals surface area contributed by atoms with E-state index in [2.05, 4.69) is 23.6 Å². The van der Waals surface area contributed by atoms with Gasteiger partial charge in [0, 0.05) is 32.3 Å². The summed E-state index contributed by atoms with van der Waals surface area (Å²) in [5.74, 6) is -0.481. The molecule has 1 N–H and O–H groups in total. The molecule has 1 aromatic carbocycles. The highest BCUT2D eigenvalue weighted by molar-refractivity contribution is 6.30. The maximum Gasteiger partial charge on any atom is 0.246 e. The maximum atomic E-state index is 13.3. The molecule has 1 aromatic rings. The van der Waals surface area contributed by atoms with Crippen LogP contribution in [0.3, 0.4) is 0 Å². The van der Waals surface area contributed by atoms with E-state index < -0.39 is 5.82 Å². The average Bonchev–Trinajstić information content (AvgIpc) is 2.97. The second-order valence-electron chi connectivity index (χ2n) is 9.44. The third kappa shape index (κ3) is 7.01. The molecule has 7 heteroatoms. The zero-order valence-electron chi connectivity index (χ0n) is 18.7. The fourth-order valence-corrected chi connectivity index (χ4v) is 4.41. The van der Waals surface area contributed by atoms with Gasteiger partial charge < -0.3 is 19.8 Å². The Labute approximate surface area is 190 Å². The van der Waals surface area contributed by atoms with Crippen LogP contribution in [0.2, 0.25) is 5.02 Å². The van der Waals surface area contributed by atoms with Crippen LogP contribution in [-0.4, -0.2) is 84.2 Å². The molecule has 0 aliphatic carbocycles. The molecule has 5 nitrogen and oxygen atoms in total. The van der Waals surface area contributed by atoms with E-state index in [4.69, 9.17) is 11.6 Å². The summed E-state index contributed by atoms with van der Waals surface area (Å²) in [7, 11) is 0. The smallest absolute Gasteiger partial charge is 0.246 e. The van der Waals surface area contributed by atoms with Gasteiger partial charge in [0.1, 0.15) is 5.82 Å². The van der Waals surface area contributed by atoms with Gasteiger partial charge in [0.2, 0.25) is 5.91 Å². The van der Waals surface area contributed by atoms with Crippen molar-refractivity contribution in [1.82, 2.24) is 14.7 Å². The number of β-amino-alcohol motifs (C(OH)–C–C–N with tert-alkyl or cyclic N) is 1. The third-order valence-corrected chi connectivity index (χ3v) is 6.91. The summed E-state index contributed by atoms with van der Waals surface area (Å²) in [5.41, 5.74) is 0.733. The SMILES string of the molecule is CC1(C)CCN(CCCN2CCCN(C(=O)/C=C/c3ccc(F)c(Cl)c3)CC2)CC1O. The van der Waals surface area contributed by atoms with Gasteiger partial charge in [0.05, 0.1) is 11.1 Å². The van der Waals surface area contributed by atoms with Crippen LogP contribution < -0.4 is 0 Å². The Morgan fingerprint density at radius 1 is 1.19 bits per heavy atom. The van der Waals surface area contributed by atoms with Crippen LogP contribution in [0.25, 0.3) is 6.08 Å². The van der Waals surface area contributed by atoms with Gasteiger partial charge in [-0.1, -0.05) is 31.5 Å². The Balaban J connectivity index is 1.40. The number of likely N-dealkylation sites (tertiary alicyclic amines) is 1. The van der Waals surface area contributed by atoms with Gasteiger partial charge in [-0.3, -0.25) is 4.79 Å². The van der Waals surface area contributed by atoms with Crippen LogP contribution in [-0.2, 0) is 4.79 Å². The number of aliphatic hydroxyl groups is 1. The van der Waals surface area contributed by atoms with Crippen LogP contribution in [0.15, 0.2) is 24.3 Å². The molecule has 0 radical (unpaired) electrons. The number of carbonyl (C=O) groups excluding carboxylic acids is 1. The molecule has 2 aliphatic heterocycles. The van der Waals surface area contributed by atoms with Crippen LogP contribution >= 0.6 is 11.6 Å². The summed E-state index contributed by atoms with van der Waals surface area (Å²) >= 11 is 5.80. The number of halogens is 2. The van der Waals surface area contributed by atoms with E-state index in [0.29, 0.717) is 12.1 Å². The van der Waals surface area contributed by atoms with Gasteiger partial charge in [-0.2, -0.15) is 0 Å². The van der Waals surface area contributed by atoms with Crippen molar-refractivity contribution in [2.75, 3.05) is 52.4 Å². The predicted octanol–water partition coefficient (Wildman–Crippen LogP) is 3.51. The topological polar surface area (TPSA) is 47.0 Å². The molecule has 31 heavy (non-hydrogen) atoms. The van der Waals surface area contributed by atoms with Crippen molar-refractivity contribution >= 4 is 23.6 Å². The largest absolute Gasteiger partial charge is 0.391 e. The molecule has 2 heterocycles. The van der Waals surface area contributed by atoms with Gasteiger partial charge in [-0.25, -0.2) is 4.39 Å². The minimum atomic E-state index is -0.460. The number of carbonyl (C=O) groups is 1. The fourth-order valence-electron chi connectivity index (χ4n) is 4.22. The zero-order valence-corrected chi connectivity index (χ0v) is 19.5. The molecule has 0 aromatic heterocycles. The summed E-state index contributed by atoms with van der Waals surface area (Å²) in [5, 5.41) is 10.4. The molecule has 1 atom stereocenters. The van der Waals surface area contributed by atoms with Crippen molar-refractivity contribution in [2.24, 2.45) is 5.41 Å². The zero-order chi connectivity index (χ0) is 22.4. The van der Waals surface area contributed by atoms with Crippen LogP contribution in [0.1, 0.15) is 38.7 Å². The van der Waals surface area contributed by atoms with E-state index >= 15 is 0 Å². The normalized spacial score (nSPS) is 23.3.